The molecule has 2 heteroatoms. The minimum absolute atomic E-state index is 0.625. The first kappa shape index (κ1) is 10.9. The highest BCUT2D eigenvalue weighted by Gasteiger charge is 2.14. The molecule has 11 heavy (non-hydrogen) atoms. The third-order valence-corrected chi connectivity index (χ3v) is 2.30. The maximum Gasteiger partial charge on any atom is 0.0217 e. The standard InChI is InChI=1S/C9H22N2/c1-6-9(10-7-2)8(3)11(4)5/h8-10H,6-7H2,1-5H3. The Morgan fingerprint density at radius 1 is 1.27 bits per heavy atom. The molecular formula is C9H22N2. The van der Waals surface area contributed by atoms with Gasteiger partial charge >= 0.3 is 0 Å². The van der Waals surface area contributed by atoms with E-state index in [4.69, 9.17) is 0 Å². The quantitative estimate of drug-likeness (QED) is 0.649. The van der Waals surface area contributed by atoms with Crippen LogP contribution >= 0.6 is 0 Å². The van der Waals surface area contributed by atoms with Crippen LogP contribution in [0.25, 0.3) is 0 Å². The van der Waals surface area contributed by atoms with Crippen molar-refractivity contribution in [2.24, 2.45) is 0 Å². The van der Waals surface area contributed by atoms with Crippen molar-refractivity contribution in [3.8, 4) is 0 Å². The molecule has 2 atom stereocenters. The molecule has 2 nitrogen and oxygen atoms in total. The number of rotatable bonds is 5. The predicted octanol–water partition coefficient (Wildman–Crippen LogP) is 1.32. The third-order valence-electron chi connectivity index (χ3n) is 2.30. The molecule has 0 aliphatic carbocycles. The fourth-order valence-electron chi connectivity index (χ4n) is 1.28. The van der Waals surface area contributed by atoms with E-state index in [-0.39, 0.29) is 0 Å². The van der Waals surface area contributed by atoms with Crippen molar-refractivity contribution in [1.29, 1.82) is 0 Å². The summed E-state index contributed by atoms with van der Waals surface area (Å²) >= 11 is 0. The molecule has 0 aromatic heterocycles. The van der Waals surface area contributed by atoms with E-state index in [1.54, 1.807) is 0 Å². The second-order valence-corrected chi connectivity index (χ2v) is 3.28. The van der Waals surface area contributed by atoms with E-state index in [0.717, 1.165) is 6.54 Å². The lowest BCUT2D eigenvalue weighted by molar-refractivity contribution is 0.242. The summed E-state index contributed by atoms with van der Waals surface area (Å²) in [5.41, 5.74) is 0. The average molecular weight is 158 g/mol. The SMILES string of the molecule is CCNC(CC)C(C)N(C)C. The first-order valence-corrected chi connectivity index (χ1v) is 4.53. The highest BCUT2D eigenvalue weighted by Crippen LogP contribution is 2.02. The van der Waals surface area contributed by atoms with Crippen molar-refractivity contribution in [3.05, 3.63) is 0 Å². The number of likely N-dealkylation sites (N-methyl/N-ethyl adjacent to an activating group) is 2. The largest absolute Gasteiger partial charge is 0.313 e. The molecule has 0 aromatic rings. The van der Waals surface area contributed by atoms with Gasteiger partial charge in [-0.1, -0.05) is 13.8 Å². The molecule has 0 rings (SSSR count). The lowest BCUT2D eigenvalue weighted by Crippen LogP contribution is -2.45. The van der Waals surface area contributed by atoms with E-state index in [9.17, 15) is 0 Å². The monoisotopic (exact) mass is 158 g/mol. The van der Waals surface area contributed by atoms with E-state index in [2.05, 4.69) is 45.1 Å². The van der Waals surface area contributed by atoms with Crippen molar-refractivity contribution >= 4 is 0 Å². The van der Waals surface area contributed by atoms with Gasteiger partial charge in [0, 0.05) is 12.1 Å². The van der Waals surface area contributed by atoms with Crippen LogP contribution in [0.4, 0.5) is 0 Å². The van der Waals surface area contributed by atoms with Crippen LogP contribution in [0.2, 0.25) is 0 Å². The van der Waals surface area contributed by atoms with Gasteiger partial charge in [-0.05, 0) is 34.0 Å². The maximum absolute atomic E-state index is 3.47. The van der Waals surface area contributed by atoms with Gasteiger partial charge in [-0.15, -0.1) is 0 Å². The summed E-state index contributed by atoms with van der Waals surface area (Å²) in [4.78, 5) is 2.26. The van der Waals surface area contributed by atoms with Gasteiger partial charge in [0.15, 0.2) is 0 Å². The Labute approximate surface area is 71.0 Å². The van der Waals surface area contributed by atoms with Gasteiger partial charge in [-0.25, -0.2) is 0 Å². The summed E-state index contributed by atoms with van der Waals surface area (Å²) in [5.74, 6) is 0. The molecule has 0 heterocycles. The fraction of sp³-hybridized carbons (Fsp3) is 1.00. The molecule has 0 radical (unpaired) electrons. The van der Waals surface area contributed by atoms with Crippen molar-refractivity contribution in [2.75, 3.05) is 20.6 Å². The van der Waals surface area contributed by atoms with E-state index in [1.807, 2.05) is 0 Å². The molecule has 2 unspecified atom stereocenters. The molecule has 1 N–H and O–H groups in total. The first-order chi connectivity index (χ1) is 5.13. The topological polar surface area (TPSA) is 15.3 Å². The third kappa shape index (κ3) is 3.73. The zero-order valence-corrected chi connectivity index (χ0v) is 8.52. The number of nitrogens with zero attached hydrogens (tertiary/aromatic N) is 1. The molecule has 0 aliphatic rings. The van der Waals surface area contributed by atoms with Crippen LogP contribution in [0.5, 0.6) is 0 Å². The Balaban J connectivity index is 3.81. The zero-order valence-electron chi connectivity index (χ0n) is 8.52. The van der Waals surface area contributed by atoms with Crippen LogP contribution < -0.4 is 5.32 Å². The molecule has 0 saturated heterocycles. The van der Waals surface area contributed by atoms with E-state index >= 15 is 0 Å². The number of hydrogen-bond donors (Lipinski definition) is 1. The highest BCUT2D eigenvalue weighted by atomic mass is 15.1. The Morgan fingerprint density at radius 3 is 2.09 bits per heavy atom. The summed E-state index contributed by atoms with van der Waals surface area (Å²) in [7, 11) is 4.26. The molecule has 0 fully saturated rings. The smallest absolute Gasteiger partial charge is 0.0217 e. The van der Waals surface area contributed by atoms with E-state index in [0.29, 0.717) is 12.1 Å². The van der Waals surface area contributed by atoms with Crippen molar-refractivity contribution in [3.63, 3.8) is 0 Å². The molecule has 0 amide bonds. The predicted molar refractivity (Wildman–Crippen MR) is 50.9 cm³/mol. The Morgan fingerprint density at radius 2 is 1.82 bits per heavy atom. The molecule has 0 spiro atoms. The summed E-state index contributed by atoms with van der Waals surface area (Å²) in [6.45, 7) is 7.71. The Kier molecular flexibility index (Phi) is 5.51. The Hall–Kier alpha value is -0.0800. The van der Waals surface area contributed by atoms with Crippen molar-refractivity contribution < 1.29 is 0 Å². The average Bonchev–Trinajstić information content (AvgIpc) is 1.98. The van der Waals surface area contributed by atoms with Gasteiger partial charge in [0.2, 0.25) is 0 Å². The van der Waals surface area contributed by atoms with Gasteiger partial charge in [-0.3, -0.25) is 0 Å². The molecular weight excluding hydrogens is 136 g/mol. The van der Waals surface area contributed by atoms with Crippen LogP contribution in [-0.4, -0.2) is 37.6 Å². The van der Waals surface area contributed by atoms with E-state index < -0.39 is 0 Å². The minimum Gasteiger partial charge on any atom is -0.313 e. The Bertz CT molecular complexity index is 91.6. The van der Waals surface area contributed by atoms with Crippen molar-refractivity contribution in [2.45, 2.75) is 39.3 Å². The summed E-state index contributed by atoms with van der Waals surface area (Å²) in [6.07, 6.45) is 1.20. The zero-order chi connectivity index (χ0) is 8.85. The normalized spacial score (nSPS) is 16.9. The lowest BCUT2D eigenvalue weighted by Gasteiger charge is -2.28. The minimum atomic E-state index is 0.625. The molecule has 0 saturated carbocycles. The van der Waals surface area contributed by atoms with Crippen molar-refractivity contribution in [1.82, 2.24) is 10.2 Å². The number of hydrogen-bond acceptors (Lipinski definition) is 2. The summed E-state index contributed by atoms with van der Waals surface area (Å²) < 4.78 is 0. The van der Waals surface area contributed by atoms with Crippen LogP contribution in [0.1, 0.15) is 27.2 Å². The summed E-state index contributed by atoms with van der Waals surface area (Å²) in [5, 5.41) is 3.47. The highest BCUT2D eigenvalue weighted by molar-refractivity contribution is 4.76. The second kappa shape index (κ2) is 5.56. The van der Waals surface area contributed by atoms with Crippen LogP contribution in [0.3, 0.4) is 0 Å². The second-order valence-electron chi connectivity index (χ2n) is 3.28. The van der Waals surface area contributed by atoms with Gasteiger partial charge < -0.3 is 10.2 Å². The molecule has 68 valence electrons. The number of nitrogens with one attached hydrogen (secondary N) is 1. The van der Waals surface area contributed by atoms with E-state index in [1.165, 1.54) is 6.42 Å². The molecule has 0 bridgehead atoms. The van der Waals surface area contributed by atoms with Gasteiger partial charge in [0.1, 0.15) is 0 Å². The lowest BCUT2D eigenvalue weighted by atomic mass is 10.1. The first-order valence-electron chi connectivity index (χ1n) is 4.53. The summed E-state index contributed by atoms with van der Waals surface area (Å²) in [6, 6.07) is 1.26. The van der Waals surface area contributed by atoms with Crippen LogP contribution in [-0.2, 0) is 0 Å². The van der Waals surface area contributed by atoms with Crippen LogP contribution in [0.15, 0.2) is 0 Å². The van der Waals surface area contributed by atoms with Gasteiger partial charge in [-0.2, -0.15) is 0 Å². The van der Waals surface area contributed by atoms with Gasteiger partial charge in [0.25, 0.3) is 0 Å². The molecule has 0 aromatic carbocycles. The fourth-order valence-corrected chi connectivity index (χ4v) is 1.28. The van der Waals surface area contributed by atoms with Crippen LogP contribution in [0, 0.1) is 0 Å². The van der Waals surface area contributed by atoms with Gasteiger partial charge in [0.05, 0.1) is 0 Å². The molecule has 0 aliphatic heterocycles. The maximum atomic E-state index is 3.47.